The second-order valence-electron chi connectivity index (χ2n) is 4.04. The number of aliphatic hydroxyl groups excluding tert-OH is 1. The summed E-state index contributed by atoms with van der Waals surface area (Å²) in [5.41, 5.74) is 0. The Balaban J connectivity index is 2.54. The number of piperidine rings is 1. The van der Waals surface area contributed by atoms with E-state index < -0.39 is 10.0 Å². The minimum Gasteiger partial charge on any atom is -0.393 e. The van der Waals surface area contributed by atoms with E-state index in [9.17, 15) is 13.5 Å². The molecule has 1 N–H and O–H groups in total. The number of aliphatic hydroxyl groups is 1. The largest absolute Gasteiger partial charge is 0.393 e. The molecule has 0 aliphatic carbocycles. The van der Waals surface area contributed by atoms with E-state index in [-0.39, 0.29) is 17.8 Å². The SMILES string of the molecule is C=CCS(=O)(=O)N1CCC(C(C)O)CC1. The van der Waals surface area contributed by atoms with E-state index in [0.29, 0.717) is 13.1 Å². The van der Waals surface area contributed by atoms with Crippen molar-refractivity contribution in [2.24, 2.45) is 5.92 Å². The Kier molecular flexibility index (Phi) is 4.31. The molecule has 0 aromatic rings. The summed E-state index contributed by atoms with van der Waals surface area (Å²) < 4.78 is 24.8. The lowest BCUT2D eigenvalue weighted by molar-refractivity contribution is 0.0913. The van der Waals surface area contributed by atoms with Gasteiger partial charge in [0.05, 0.1) is 11.9 Å². The minimum absolute atomic E-state index is 0.00629. The highest BCUT2D eigenvalue weighted by molar-refractivity contribution is 7.89. The van der Waals surface area contributed by atoms with E-state index in [2.05, 4.69) is 6.58 Å². The predicted octanol–water partition coefficient (Wildman–Crippen LogP) is 0.595. The van der Waals surface area contributed by atoms with Crippen LogP contribution in [0.1, 0.15) is 19.8 Å². The number of rotatable bonds is 4. The maximum atomic E-state index is 11.7. The van der Waals surface area contributed by atoms with Gasteiger partial charge in [-0.25, -0.2) is 12.7 Å². The third kappa shape index (κ3) is 3.29. The zero-order valence-corrected chi connectivity index (χ0v) is 9.91. The standard InChI is InChI=1S/C10H19NO3S/c1-3-8-15(13,14)11-6-4-10(5-7-11)9(2)12/h3,9-10,12H,1,4-8H2,2H3. The molecule has 1 unspecified atom stereocenters. The van der Waals surface area contributed by atoms with E-state index in [1.54, 1.807) is 6.92 Å². The maximum absolute atomic E-state index is 11.7. The molecule has 0 aromatic heterocycles. The lowest BCUT2D eigenvalue weighted by Crippen LogP contribution is -2.41. The van der Waals surface area contributed by atoms with Gasteiger partial charge in [0.25, 0.3) is 0 Å². The molecular weight excluding hydrogens is 214 g/mol. The Labute approximate surface area is 91.6 Å². The third-order valence-electron chi connectivity index (χ3n) is 2.90. The molecule has 0 amide bonds. The number of hydrogen-bond donors (Lipinski definition) is 1. The average Bonchev–Trinajstić information content (AvgIpc) is 2.18. The summed E-state index contributed by atoms with van der Waals surface area (Å²) in [6, 6.07) is 0. The van der Waals surface area contributed by atoms with Gasteiger partial charge in [0.15, 0.2) is 0 Å². The first-order chi connectivity index (χ1) is 6.97. The lowest BCUT2D eigenvalue weighted by Gasteiger charge is -2.32. The van der Waals surface area contributed by atoms with E-state index in [1.807, 2.05) is 0 Å². The molecule has 1 atom stereocenters. The van der Waals surface area contributed by atoms with Crippen LogP contribution in [0, 0.1) is 5.92 Å². The van der Waals surface area contributed by atoms with Crippen molar-refractivity contribution in [3.05, 3.63) is 12.7 Å². The number of nitrogens with zero attached hydrogens (tertiary/aromatic N) is 1. The van der Waals surface area contributed by atoms with E-state index >= 15 is 0 Å². The van der Waals surface area contributed by atoms with Crippen molar-refractivity contribution in [2.45, 2.75) is 25.9 Å². The zero-order chi connectivity index (χ0) is 11.5. The molecule has 1 aliphatic heterocycles. The first kappa shape index (κ1) is 12.7. The second-order valence-corrected chi connectivity index (χ2v) is 6.06. The van der Waals surface area contributed by atoms with Crippen LogP contribution in [-0.2, 0) is 10.0 Å². The molecule has 0 aromatic carbocycles. The first-order valence-electron chi connectivity index (χ1n) is 5.24. The smallest absolute Gasteiger partial charge is 0.217 e. The Morgan fingerprint density at radius 3 is 2.47 bits per heavy atom. The topological polar surface area (TPSA) is 57.6 Å². The van der Waals surface area contributed by atoms with E-state index in [0.717, 1.165) is 12.8 Å². The van der Waals surface area contributed by atoms with Crippen LogP contribution in [0.3, 0.4) is 0 Å². The van der Waals surface area contributed by atoms with Crippen LogP contribution < -0.4 is 0 Å². The van der Waals surface area contributed by atoms with Gasteiger partial charge in [-0.2, -0.15) is 0 Å². The Morgan fingerprint density at radius 2 is 2.07 bits per heavy atom. The Morgan fingerprint density at radius 1 is 1.53 bits per heavy atom. The molecule has 1 saturated heterocycles. The van der Waals surface area contributed by atoms with Crippen LogP contribution in [0.25, 0.3) is 0 Å². The van der Waals surface area contributed by atoms with Crippen molar-refractivity contribution in [3.63, 3.8) is 0 Å². The fourth-order valence-corrected chi connectivity index (χ4v) is 3.17. The fraction of sp³-hybridized carbons (Fsp3) is 0.800. The molecule has 1 heterocycles. The highest BCUT2D eigenvalue weighted by Gasteiger charge is 2.28. The second kappa shape index (κ2) is 5.09. The summed E-state index contributed by atoms with van der Waals surface area (Å²) in [4.78, 5) is 0. The van der Waals surface area contributed by atoms with Crippen LogP contribution in [0.2, 0.25) is 0 Å². The minimum atomic E-state index is -3.15. The van der Waals surface area contributed by atoms with E-state index in [4.69, 9.17) is 0 Å². The van der Waals surface area contributed by atoms with Gasteiger partial charge in [-0.1, -0.05) is 6.08 Å². The number of hydrogen-bond acceptors (Lipinski definition) is 3. The van der Waals surface area contributed by atoms with Gasteiger partial charge >= 0.3 is 0 Å². The molecule has 4 nitrogen and oxygen atoms in total. The molecule has 0 spiro atoms. The van der Waals surface area contributed by atoms with Crippen molar-refractivity contribution >= 4 is 10.0 Å². The molecular formula is C10H19NO3S. The van der Waals surface area contributed by atoms with Crippen molar-refractivity contribution in [2.75, 3.05) is 18.8 Å². The van der Waals surface area contributed by atoms with Crippen molar-refractivity contribution < 1.29 is 13.5 Å². The molecule has 5 heteroatoms. The highest BCUT2D eigenvalue weighted by atomic mass is 32.2. The van der Waals surface area contributed by atoms with Gasteiger partial charge in [-0.15, -0.1) is 6.58 Å². The van der Waals surface area contributed by atoms with Crippen LogP contribution in [0.5, 0.6) is 0 Å². The Hall–Kier alpha value is -0.390. The number of sulfonamides is 1. The lowest BCUT2D eigenvalue weighted by atomic mass is 9.93. The van der Waals surface area contributed by atoms with Crippen LogP contribution in [0.15, 0.2) is 12.7 Å². The summed E-state index contributed by atoms with van der Waals surface area (Å²) in [5.74, 6) is 0.243. The molecule has 0 saturated carbocycles. The zero-order valence-electron chi connectivity index (χ0n) is 9.09. The maximum Gasteiger partial charge on any atom is 0.217 e. The predicted molar refractivity (Wildman–Crippen MR) is 60.0 cm³/mol. The van der Waals surface area contributed by atoms with Crippen molar-refractivity contribution in [1.82, 2.24) is 4.31 Å². The van der Waals surface area contributed by atoms with Crippen LogP contribution in [0.4, 0.5) is 0 Å². The monoisotopic (exact) mass is 233 g/mol. The first-order valence-corrected chi connectivity index (χ1v) is 6.85. The summed E-state index contributed by atoms with van der Waals surface area (Å²) in [5, 5.41) is 9.39. The van der Waals surface area contributed by atoms with Gasteiger partial charge in [0.1, 0.15) is 0 Å². The molecule has 1 rings (SSSR count). The van der Waals surface area contributed by atoms with E-state index in [1.165, 1.54) is 10.4 Å². The molecule has 0 radical (unpaired) electrons. The summed E-state index contributed by atoms with van der Waals surface area (Å²) in [7, 11) is -3.15. The van der Waals surface area contributed by atoms with Gasteiger partial charge in [-0.3, -0.25) is 0 Å². The highest BCUT2D eigenvalue weighted by Crippen LogP contribution is 2.22. The molecule has 1 aliphatic rings. The molecule has 0 bridgehead atoms. The summed E-state index contributed by atoms with van der Waals surface area (Å²) in [6.07, 6.45) is 2.56. The summed E-state index contributed by atoms with van der Waals surface area (Å²) in [6.45, 7) is 6.24. The van der Waals surface area contributed by atoms with Crippen molar-refractivity contribution in [3.8, 4) is 0 Å². The van der Waals surface area contributed by atoms with Gasteiger partial charge in [0.2, 0.25) is 10.0 Å². The molecule has 1 fully saturated rings. The fourth-order valence-electron chi connectivity index (χ4n) is 1.89. The Bertz CT molecular complexity index is 303. The van der Waals surface area contributed by atoms with Gasteiger partial charge in [0, 0.05) is 13.1 Å². The average molecular weight is 233 g/mol. The quantitative estimate of drug-likeness (QED) is 0.723. The van der Waals surface area contributed by atoms with Gasteiger partial charge in [-0.05, 0) is 25.7 Å². The van der Waals surface area contributed by atoms with Crippen molar-refractivity contribution in [1.29, 1.82) is 0 Å². The summed E-state index contributed by atoms with van der Waals surface area (Å²) >= 11 is 0. The van der Waals surface area contributed by atoms with Crippen LogP contribution >= 0.6 is 0 Å². The normalized spacial score (nSPS) is 22.5. The van der Waals surface area contributed by atoms with Gasteiger partial charge < -0.3 is 5.11 Å². The van der Waals surface area contributed by atoms with Crippen LogP contribution in [-0.4, -0.2) is 42.8 Å². The molecule has 88 valence electrons. The third-order valence-corrected chi connectivity index (χ3v) is 4.71. The molecule has 15 heavy (non-hydrogen) atoms.